The van der Waals surface area contributed by atoms with Crippen molar-refractivity contribution in [2.24, 2.45) is 0 Å². The normalized spacial score (nSPS) is 11.9. The molecule has 0 fully saturated rings. The molecule has 140 valence electrons. The number of thiazole rings is 1. The van der Waals surface area contributed by atoms with Crippen LogP contribution in [0.2, 0.25) is 10.0 Å². The average Bonchev–Trinajstić information content (AvgIpc) is 3.25. The monoisotopic (exact) mass is 428 g/mol. The van der Waals surface area contributed by atoms with Gasteiger partial charge in [-0.3, -0.25) is 4.79 Å². The highest BCUT2D eigenvalue weighted by Crippen LogP contribution is 2.30. The average molecular weight is 429 g/mol. The Balaban J connectivity index is 1.71. The highest BCUT2D eigenvalue weighted by atomic mass is 35.5. The van der Waals surface area contributed by atoms with Crippen LogP contribution in [0.15, 0.2) is 77.2 Å². The molecule has 28 heavy (non-hydrogen) atoms. The van der Waals surface area contributed by atoms with Crippen LogP contribution in [0.1, 0.15) is 16.6 Å². The predicted octanol–water partition coefficient (Wildman–Crippen LogP) is 5.20. The van der Waals surface area contributed by atoms with Crippen LogP contribution in [0.25, 0.3) is 5.69 Å². The van der Waals surface area contributed by atoms with Gasteiger partial charge in [0.15, 0.2) is 0 Å². The predicted molar refractivity (Wildman–Crippen MR) is 114 cm³/mol. The standard InChI is InChI=1S/C20H14Cl2N4OS/c21-14-6-8-15(9-7-14)26-20(27)17(22)16(12-24-26)25-18(19-23-10-11-28-19)13-4-2-1-3-5-13/h1-12,18,25H. The van der Waals surface area contributed by atoms with Gasteiger partial charge in [-0.25, -0.2) is 4.98 Å². The van der Waals surface area contributed by atoms with Gasteiger partial charge < -0.3 is 5.32 Å². The van der Waals surface area contributed by atoms with Gasteiger partial charge in [-0.15, -0.1) is 11.3 Å². The summed E-state index contributed by atoms with van der Waals surface area (Å²) in [5, 5.41) is 11.0. The Kier molecular flexibility index (Phi) is 5.43. The van der Waals surface area contributed by atoms with E-state index >= 15 is 0 Å². The number of hydrogen-bond donors (Lipinski definition) is 1. The van der Waals surface area contributed by atoms with E-state index in [0.29, 0.717) is 16.4 Å². The van der Waals surface area contributed by atoms with E-state index in [4.69, 9.17) is 23.2 Å². The van der Waals surface area contributed by atoms with Crippen molar-refractivity contribution in [3.8, 4) is 5.69 Å². The van der Waals surface area contributed by atoms with Crippen molar-refractivity contribution in [2.45, 2.75) is 6.04 Å². The Hall–Kier alpha value is -2.67. The largest absolute Gasteiger partial charge is 0.369 e. The summed E-state index contributed by atoms with van der Waals surface area (Å²) in [4.78, 5) is 17.2. The summed E-state index contributed by atoms with van der Waals surface area (Å²) in [5.41, 5.74) is 1.62. The Morgan fingerprint density at radius 1 is 1.04 bits per heavy atom. The fourth-order valence-electron chi connectivity index (χ4n) is 2.77. The van der Waals surface area contributed by atoms with E-state index in [0.717, 1.165) is 10.6 Å². The second-order valence-electron chi connectivity index (χ2n) is 5.92. The maximum absolute atomic E-state index is 12.8. The summed E-state index contributed by atoms with van der Waals surface area (Å²) in [6, 6.07) is 16.4. The van der Waals surface area contributed by atoms with Gasteiger partial charge in [0, 0.05) is 16.6 Å². The van der Waals surface area contributed by atoms with Gasteiger partial charge in [0.05, 0.1) is 17.6 Å². The Bertz CT molecular complexity index is 1130. The van der Waals surface area contributed by atoms with Crippen molar-refractivity contribution in [3.05, 3.63) is 103 Å². The number of anilines is 1. The molecule has 0 aliphatic heterocycles. The third-order valence-corrected chi connectivity index (χ3v) is 5.58. The lowest BCUT2D eigenvalue weighted by molar-refractivity contribution is 0.803. The molecule has 1 N–H and O–H groups in total. The first-order chi connectivity index (χ1) is 13.6. The molecule has 5 nitrogen and oxygen atoms in total. The molecule has 2 heterocycles. The van der Waals surface area contributed by atoms with Gasteiger partial charge in [-0.05, 0) is 29.8 Å². The Labute approximate surface area is 175 Å². The van der Waals surface area contributed by atoms with Crippen molar-refractivity contribution in [2.75, 3.05) is 5.32 Å². The maximum atomic E-state index is 12.8. The van der Waals surface area contributed by atoms with Crippen LogP contribution in [0, 0.1) is 0 Å². The molecule has 4 rings (SSSR count). The number of aromatic nitrogens is 3. The smallest absolute Gasteiger partial charge is 0.292 e. The quantitative estimate of drug-likeness (QED) is 0.474. The molecule has 0 radical (unpaired) electrons. The molecule has 0 amide bonds. The molecule has 2 aromatic heterocycles. The molecule has 1 unspecified atom stereocenters. The fourth-order valence-corrected chi connectivity index (χ4v) is 3.79. The minimum Gasteiger partial charge on any atom is -0.369 e. The van der Waals surface area contributed by atoms with Crippen molar-refractivity contribution in [3.63, 3.8) is 0 Å². The van der Waals surface area contributed by atoms with Gasteiger partial charge in [0.2, 0.25) is 0 Å². The maximum Gasteiger partial charge on any atom is 0.292 e. The van der Waals surface area contributed by atoms with Crippen LogP contribution in [-0.4, -0.2) is 14.8 Å². The fraction of sp³-hybridized carbons (Fsp3) is 0.0500. The lowest BCUT2D eigenvalue weighted by Gasteiger charge is -2.19. The first-order valence-corrected chi connectivity index (χ1v) is 10.0. The number of benzene rings is 2. The van der Waals surface area contributed by atoms with E-state index in [1.807, 2.05) is 35.7 Å². The van der Waals surface area contributed by atoms with Crippen molar-refractivity contribution in [1.82, 2.24) is 14.8 Å². The highest BCUT2D eigenvalue weighted by molar-refractivity contribution is 7.09. The first-order valence-electron chi connectivity index (χ1n) is 8.38. The first kappa shape index (κ1) is 18.7. The van der Waals surface area contributed by atoms with E-state index < -0.39 is 5.56 Å². The van der Waals surface area contributed by atoms with Gasteiger partial charge in [-0.2, -0.15) is 9.78 Å². The van der Waals surface area contributed by atoms with Gasteiger partial charge in [-0.1, -0.05) is 53.5 Å². The number of nitrogens with zero attached hydrogens (tertiary/aromatic N) is 3. The summed E-state index contributed by atoms with van der Waals surface area (Å²) in [6.07, 6.45) is 3.29. The van der Waals surface area contributed by atoms with Crippen molar-refractivity contribution < 1.29 is 0 Å². The Morgan fingerprint density at radius 3 is 2.46 bits per heavy atom. The molecule has 8 heteroatoms. The summed E-state index contributed by atoms with van der Waals surface area (Å²) in [6.45, 7) is 0. The summed E-state index contributed by atoms with van der Waals surface area (Å²) >= 11 is 13.8. The molecule has 0 bridgehead atoms. The minimum atomic E-state index is -0.417. The molecular weight excluding hydrogens is 415 g/mol. The van der Waals surface area contributed by atoms with Gasteiger partial charge in [0.1, 0.15) is 16.1 Å². The van der Waals surface area contributed by atoms with Gasteiger partial charge in [0.25, 0.3) is 5.56 Å². The third kappa shape index (κ3) is 3.80. The van der Waals surface area contributed by atoms with Crippen LogP contribution in [0.3, 0.4) is 0 Å². The van der Waals surface area contributed by atoms with Gasteiger partial charge >= 0.3 is 0 Å². The molecule has 0 aliphatic rings. The number of hydrogen-bond acceptors (Lipinski definition) is 5. The molecular formula is C20H14Cl2N4OS. The number of nitrogens with one attached hydrogen (secondary N) is 1. The summed E-state index contributed by atoms with van der Waals surface area (Å²) in [7, 11) is 0. The van der Waals surface area contributed by atoms with E-state index in [-0.39, 0.29) is 11.1 Å². The molecule has 0 spiro atoms. The molecule has 0 saturated carbocycles. The molecule has 0 saturated heterocycles. The van der Waals surface area contributed by atoms with Crippen LogP contribution in [0.5, 0.6) is 0 Å². The number of halogens is 2. The van der Waals surface area contributed by atoms with Crippen molar-refractivity contribution in [1.29, 1.82) is 0 Å². The van der Waals surface area contributed by atoms with Crippen molar-refractivity contribution >= 4 is 40.2 Å². The van der Waals surface area contributed by atoms with E-state index in [9.17, 15) is 4.79 Å². The number of rotatable bonds is 5. The zero-order valence-corrected chi connectivity index (χ0v) is 16.7. The molecule has 2 aromatic carbocycles. The lowest BCUT2D eigenvalue weighted by atomic mass is 10.1. The van der Waals surface area contributed by atoms with Crippen LogP contribution in [0.4, 0.5) is 5.69 Å². The highest BCUT2D eigenvalue weighted by Gasteiger charge is 2.19. The van der Waals surface area contributed by atoms with E-state index in [2.05, 4.69) is 15.4 Å². The molecule has 1 atom stereocenters. The molecule has 4 aromatic rings. The third-order valence-electron chi connectivity index (χ3n) is 4.12. The molecule has 0 aliphatic carbocycles. The Morgan fingerprint density at radius 2 is 1.79 bits per heavy atom. The zero-order valence-electron chi connectivity index (χ0n) is 14.4. The zero-order chi connectivity index (χ0) is 19.5. The summed E-state index contributed by atoms with van der Waals surface area (Å²) in [5.74, 6) is 0. The van der Waals surface area contributed by atoms with Crippen LogP contribution in [-0.2, 0) is 0 Å². The van der Waals surface area contributed by atoms with Crippen LogP contribution >= 0.6 is 34.5 Å². The SMILES string of the molecule is O=c1c(Cl)c(NC(c2ccccc2)c2nccs2)cnn1-c1ccc(Cl)cc1. The van der Waals surface area contributed by atoms with E-state index in [1.165, 1.54) is 16.0 Å². The van der Waals surface area contributed by atoms with E-state index in [1.54, 1.807) is 36.7 Å². The minimum absolute atomic E-state index is 0.0578. The lowest BCUT2D eigenvalue weighted by Crippen LogP contribution is -2.23. The van der Waals surface area contributed by atoms with Crippen LogP contribution < -0.4 is 10.9 Å². The topological polar surface area (TPSA) is 59.8 Å². The summed E-state index contributed by atoms with van der Waals surface area (Å²) < 4.78 is 1.24. The second-order valence-corrected chi connectivity index (χ2v) is 7.66. The second kappa shape index (κ2) is 8.14.